The number of rotatable bonds is 4. The molecule has 2 aromatic heterocycles. The molecule has 4 nitrogen and oxygen atoms in total. The molecule has 0 fully saturated rings. The maximum atomic E-state index is 5.98. The molecule has 0 radical (unpaired) electrons. The van der Waals surface area contributed by atoms with Crippen LogP contribution in [-0.2, 0) is 6.54 Å². The first-order valence-corrected chi connectivity index (χ1v) is 8.03. The Bertz CT molecular complexity index is 809. The van der Waals surface area contributed by atoms with Gasteiger partial charge in [0.25, 0.3) is 0 Å². The lowest BCUT2D eigenvalue weighted by Gasteiger charge is -2.05. The zero-order valence-corrected chi connectivity index (χ0v) is 14.2. The van der Waals surface area contributed by atoms with E-state index in [0.717, 1.165) is 38.4 Å². The van der Waals surface area contributed by atoms with Crippen LogP contribution >= 0.6 is 15.9 Å². The monoisotopic (exact) mass is 359 g/mol. The fraction of sp³-hybridized carbons (Fsp3) is 0.235. The lowest BCUT2D eigenvalue weighted by Crippen LogP contribution is -2.03. The summed E-state index contributed by atoms with van der Waals surface area (Å²) in [5.74, 6) is 0.864. The van der Waals surface area contributed by atoms with Gasteiger partial charge in [0.15, 0.2) is 0 Å². The molecule has 0 aliphatic heterocycles. The van der Waals surface area contributed by atoms with E-state index in [1.54, 1.807) is 0 Å². The quantitative estimate of drug-likeness (QED) is 0.767. The lowest BCUT2D eigenvalue weighted by molar-refractivity contribution is 0.340. The third-order valence-corrected chi connectivity index (χ3v) is 4.04. The number of fused-ring (bicyclic) bond motifs is 1. The fourth-order valence-corrected chi connectivity index (χ4v) is 3.17. The Hall–Kier alpha value is -1.85. The van der Waals surface area contributed by atoms with Gasteiger partial charge in [-0.05, 0) is 65.7 Å². The van der Waals surface area contributed by atoms with Crippen LogP contribution in [-0.4, -0.2) is 16.0 Å². The number of benzene rings is 1. The summed E-state index contributed by atoms with van der Waals surface area (Å²) in [6, 6.07) is 10.0. The van der Waals surface area contributed by atoms with E-state index in [9.17, 15) is 0 Å². The molecule has 2 N–H and O–H groups in total. The minimum atomic E-state index is 0.430. The minimum absolute atomic E-state index is 0.430. The second-order valence-electron chi connectivity index (χ2n) is 5.10. The van der Waals surface area contributed by atoms with Crippen LogP contribution in [0.3, 0.4) is 0 Å². The largest absolute Gasteiger partial charge is 0.494 e. The highest BCUT2D eigenvalue weighted by molar-refractivity contribution is 9.10. The molecule has 0 atom stereocenters. The first kappa shape index (κ1) is 15.1. The van der Waals surface area contributed by atoms with Crippen LogP contribution in [0.15, 0.2) is 41.0 Å². The number of aryl methyl sites for hydroxylation is 1. The van der Waals surface area contributed by atoms with Gasteiger partial charge >= 0.3 is 0 Å². The van der Waals surface area contributed by atoms with E-state index < -0.39 is 0 Å². The first-order chi connectivity index (χ1) is 10.6. The Morgan fingerprint density at radius 2 is 2.00 bits per heavy atom. The summed E-state index contributed by atoms with van der Waals surface area (Å²) < 4.78 is 8.57. The molecule has 5 heteroatoms. The van der Waals surface area contributed by atoms with E-state index in [4.69, 9.17) is 15.5 Å². The van der Waals surface area contributed by atoms with Crippen molar-refractivity contribution in [3.63, 3.8) is 0 Å². The zero-order chi connectivity index (χ0) is 15.7. The standard InChI is InChI=1S/C17H18BrN3O/c1-3-22-14-6-4-12(5-7-14)16-15(9-19)21-10-13(18)8-11(2)17(21)20-16/h4-8,10H,3,9,19H2,1-2H3. The summed E-state index contributed by atoms with van der Waals surface area (Å²) in [4.78, 5) is 4.79. The highest BCUT2D eigenvalue weighted by Gasteiger charge is 2.14. The van der Waals surface area contributed by atoms with Crippen LogP contribution in [0, 0.1) is 6.92 Å². The summed E-state index contributed by atoms with van der Waals surface area (Å²) in [5, 5.41) is 0. The van der Waals surface area contributed by atoms with Crippen molar-refractivity contribution in [1.29, 1.82) is 0 Å². The normalized spacial score (nSPS) is 11.1. The van der Waals surface area contributed by atoms with Gasteiger partial charge in [0, 0.05) is 22.8 Å². The lowest BCUT2D eigenvalue weighted by atomic mass is 10.1. The molecular formula is C17H18BrN3O. The van der Waals surface area contributed by atoms with Crippen LogP contribution in [0.2, 0.25) is 0 Å². The van der Waals surface area contributed by atoms with Crippen molar-refractivity contribution in [2.45, 2.75) is 20.4 Å². The summed E-state index contributed by atoms with van der Waals surface area (Å²) in [6.07, 6.45) is 2.01. The molecule has 3 rings (SSSR count). The van der Waals surface area contributed by atoms with E-state index in [0.29, 0.717) is 13.2 Å². The van der Waals surface area contributed by atoms with E-state index >= 15 is 0 Å². The molecule has 0 bridgehead atoms. The van der Waals surface area contributed by atoms with Crippen molar-refractivity contribution in [2.24, 2.45) is 5.73 Å². The van der Waals surface area contributed by atoms with Crippen LogP contribution in [0.1, 0.15) is 18.2 Å². The summed E-state index contributed by atoms with van der Waals surface area (Å²) in [6.45, 7) is 5.12. The molecule has 0 saturated heterocycles. The van der Waals surface area contributed by atoms with Gasteiger partial charge in [-0.3, -0.25) is 0 Å². The number of pyridine rings is 1. The predicted octanol–water partition coefficient (Wildman–Crippen LogP) is 3.93. The average Bonchev–Trinajstić information content (AvgIpc) is 2.87. The molecular weight excluding hydrogens is 342 g/mol. The molecule has 3 aromatic rings. The molecule has 1 aromatic carbocycles. The first-order valence-electron chi connectivity index (χ1n) is 7.24. The highest BCUT2D eigenvalue weighted by Crippen LogP contribution is 2.28. The Morgan fingerprint density at radius 1 is 1.27 bits per heavy atom. The number of halogens is 1. The number of nitrogens with two attached hydrogens (primary N) is 1. The van der Waals surface area contributed by atoms with Crippen LogP contribution in [0.4, 0.5) is 0 Å². The number of ether oxygens (including phenoxy) is 1. The number of hydrogen-bond acceptors (Lipinski definition) is 3. The number of imidazole rings is 1. The average molecular weight is 360 g/mol. The Balaban J connectivity index is 2.15. The third kappa shape index (κ3) is 2.62. The van der Waals surface area contributed by atoms with Gasteiger partial charge in [-0.2, -0.15) is 0 Å². The smallest absolute Gasteiger partial charge is 0.140 e. The van der Waals surface area contributed by atoms with Crippen molar-refractivity contribution in [3.05, 3.63) is 52.3 Å². The zero-order valence-electron chi connectivity index (χ0n) is 12.6. The fourth-order valence-electron chi connectivity index (χ4n) is 2.62. The topological polar surface area (TPSA) is 52.5 Å². The molecule has 2 heterocycles. The Morgan fingerprint density at radius 3 is 2.64 bits per heavy atom. The van der Waals surface area contributed by atoms with Crippen LogP contribution in [0.5, 0.6) is 5.75 Å². The van der Waals surface area contributed by atoms with E-state index in [2.05, 4.69) is 33.3 Å². The highest BCUT2D eigenvalue weighted by atomic mass is 79.9. The van der Waals surface area contributed by atoms with E-state index in [-0.39, 0.29) is 0 Å². The summed E-state index contributed by atoms with van der Waals surface area (Å²) >= 11 is 3.53. The molecule has 0 aliphatic carbocycles. The van der Waals surface area contributed by atoms with Gasteiger partial charge < -0.3 is 14.9 Å². The van der Waals surface area contributed by atoms with E-state index in [1.807, 2.05) is 37.4 Å². The van der Waals surface area contributed by atoms with E-state index in [1.165, 1.54) is 0 Å². The Labute approximate surface area is 138 Å². The van der Waals surface area contributed by atoms with Gasteiger partial charge in [0.05, 0.1) is 18.0 Å². The van der Waals surface area contributed by atoms with Crippen LogP contribution in [0.25, 0.3) is 16.9 Å². The van der Waals surface area contributed by atoms with Crippen molar-refractivity contribution < 1.29 is 4.74 Å². The predicted molar refractivity (Wildman–Crippen MR) is 92.1 cm³/mol. The van der Waals surface area contributed by atoms with Gasteiger partial charge in [-0.15, -0.1) is 0 Å². The maximum Gasteiger partial charge on any atom is 0.140 e. The van der Waals surface area contributed by atoms with Crippen molar-refractivity contribution in [2.75, 3.05) is 6.61 Å². The Kier molecular flexibility index (Phi) is 4.18. The molecule has 22 heavy (non-hydrogen) atoms. The SMILES string of the molecule is CCOc1ccc(-c2nc3c(C)cc(Br)cn3c2CN)cc1. The summed E-state index contributed by atoms with van der Waals surface area (Å²) in [5.41, 5.74) is 11.0. The maximum absolute atomic E-state index is 5.98. The number of hydrogen-bond donors (Lipinski definition) is 1. The van der Waals surface area contributed by atoms with Crippen molar-refractivity contribution in [3.8, 4) is 17.0 Å². The molecule has 114 valence electrons. The van der Waals surface area contributed by atoms with Crippen LogP contribution < -0.4 is 10.5 Å². The third-order valence-electron chi connectivity index (χ3n) is 3.60. The van der Waals surface area contributed by atoms with Gasteiger partial charge in [0.1, 0.15) is 11.4 Å². The molecule has 0 amide bonds. The van der Waals surface area contributed by atoms with Gasteiger partial charge in [-0.1, -0.05) is 0 Å². The molecule has 0 unspecified atom stereocenters. The van der Waals surface area contributed by atoms with Crippen molar-refractivity contribution >= 4 is 21.6 Å². The minimum Gasteiger partial charge on any atom is -0.494 e. The molecule has 0 spiro atoms. The summed E-state index contributed by atoms with van der Waals surface area (Å²) in [7, 11) is 0. The van der Waals surface area contributed by atoms with Gasteiger partial charge in [0.2, 0.25) is 0 Å². The van der Waals surface area contributed by atoms with Crippen molar-refractivity contribution in [1.82, 2.24) is 9.38 Å². The second-order valence-corrected chi connectivity index (χ2v) is 6.02. The number of aromatic nitrogens is 2. The number of nitrogens with zero attached hydrogens (tertiary/aromatic N) is 2. The molecule has 0 aliphatic rings. The molecule has 0 saturated carbocycles. The van der Waals surface area contributed by atoms with Gasteiger partial charge in [-0.25, -0.2) is 4.98 Å². The second kappa shape index (κ2) is 6.10.